The second-order valence-corrected chi connectivity index (χ2v) is 8.76. The number of likely N-dealkylation sites (tertiary alicyclic amines) is 2. The van der Waals surface area contributed by atoms with Crippen LogP contribution >= 0.6 is 12.2 Å². The van der Waals surface area contributed by atoms with Crippen LogP contribution in [0, 0.1) is 17.8 Å². The van der Waals surface area contributed by atoms with Crippen molar-refractivity contribution < 1.29 is 4.79 Å². The summed E-state index contributed by atoms with van der Waals surface area (Å²) >= 11 is 5.68. The summed E-state index contributed by atoms with van der Waals surface area (Å²) in [6.45, 7) is 3.83. The second-order valence-electron chi connectivity index (χ2n) is 8.38. The molecule has 4 fully saturated rings. The molecule has 1 N–H and O–H groups in total. The van der Waals surface area contributed by atoms with Gasteiger partial charge in [0.05, 0.1) is 0 Å². The number of piperidine rings is 2. The van der Waals surface area contributed by atoms with E-state index < -0.39 is 0 Å². The largest absolute Gasteiger partial charge is 0.360 e. The van der Waals surface area contributed by atoms with Gasteiger partial charge >= 0.3 is 0 Å². The fraction of sp³-hybridized carbons (Fsp3) is 0.895. The summed E-state index contributed by atoms with van der Waals surface area (Å²) in [5, 5.41) is 4.59. The molecule has 0 radical (unpaired) electrons. The zero-order chi connectivity index (χ0) is 16.5. The molecule has 4 rings (SSSR count). The van der Waals surface area contributed by atoms with Crippen molar-refractivity contribution >= 4 is 23.2 Å². The van der Waals surface area contributed by atoms with Gasteiger partial charge in [-0.15, -0.1) is 0 Å². The van der Waals surface area contributed by atoms with Crippen molar-refractivity contribution in [2.75, 3.05) is 26.2 Å². The maximum absolute atomic E-state index is 12.7. The third kappa shape index (κ3) is 3.42. The molecule has 0 aromatic rings. The Morgan fingerprint density at radius 3 is 2.25 bits per heavy atom. The maximum atomic E-state index is 12.7. The van der Waals surface area contributed by atoms with Gasteiger partial charge in [0.1, 0.15) is 0 Å². The molecular formula is C19H31N3OS. The number of rotatable bonds is 2. The zero-order valence-electron chi connectivity index (χ0n) is 14.7. The van der Waals surface area contributed by atoms with Crippen LogP contribution in [0.15, 0.2) is 0 Å². The Bertz CT molecular complexity index is 483. The smallest absolute Gasteiger partial charge is 0.225 e. The fourth-order valence-electron chi connectivity index (χ4n) is 5.37. The number of nitrogens with one attached hydrogen (secondary N) is 1. The molecule has 0 unspecified atom stereocenters. The van der Waals surface area contributed by atoms with E-state index in [9.17, 15) is 4.79 Å². The first-order valence-corrected chi connectivity index (χ1v) is 10.5. The van der Waals surface area contributed by atoms with E-state index in [0.29, 0.717) is 11.9 Å². The molecular weight excluding hydrogens is 318 g/mol. The third-order valence-corrected chi connectivity index (χ3v) is 7.22. The van der Waals surface area contributed by atoms with Crippen molar-refractivity contribution in [2.45, 2.75) is 63.8 Å². The Hall–Kier alpha value is -0.840. The van der Waals surface area contributed by atoms with Crippen molar-refractivity contribution in [3.05, 3.63) is 0 Å². The van der Waals surface area contributed by atoms with Crippen molar-refractivity contribution in [3.63, 3.8) is 0 Å². The minimum Gasteiger partial charge on any atom is -0.360 e. The van der Waals surface area contributed by atoms with Crippen molar-refractivity contribution in [3.8, 4) is 0 Å². The normalized spacial score (nSPS) is 33.8. The fourth-order valence-corrected chi connectivity index (χ4v) is 5.71. The summed E-state index contributed by atoms with van der Waals surface area (Å²) in [4.78, 5) is 17.1. The van der Waals surface area contributed by atoms with Crippen LogP contribution < -0.4 is 5.32 Å². The molecule has 4 aliphatic rings. The number of carbonyl (C=O) groups excluding carboxylic acids is 1. The third-order valence-electron chi connectivity index (χ3n) is 6.85. The highest BCUT2D eigenvalue weighted by Crippen LogP contribution is 2.44. The summed E-state index contributed by atoms with van der Waals surface area (Å²) in [5.74, 6) is 2.43. The second kappa shape index (κ2) is 7.19. The molecule has 4 nitrogen and oxygen atoms in total. The van der Waals surface area contributed by atoms with Crippen LogP contribution in [0.5, 0.6) is 0 Å². The van der Waals surface area contributed by atoms with Crippen LogP contribution in [-0.2, 0) is 4.79 Å². The van der Waals surface area contributed by atoms with E-state index in [0.717, 1.165) is 56.0 Å². The summed E-state index contributed by atoms with van der Waals surface area (Å²) < 4.78 is 0. The molecule has 5 heteroatoms. The highest BCUT2D eigenvalue weighted by molar-refractivity contribution is 7.80. The molecule has 134 valence electrons. The van der Waals surface area contributed by atoms with Crippen LogP contribution in [0.4, 0.5) is 0 Å². The lowest BCUT2D eigenvalue weighted by molar-refractivity contribution is -0.137. The Balaban J connectivity index is 1.23. The molecule has 2 aliphatic carbocycles. The Kier molecular flexibility index (Phi) is 4.98. The van der Waals surface area contributed by atoms with E-state index in [4.69, 9.17) is 12.2 Å². The van der Waals surface area contributed by atoms with Gasteiger partial charge in [-0.05, 0) is 75.4 Å². The van der Waals surface area contributed by atoms with Crippen molar-refractivity contribution in [1.29, 1.82) is 0 Å². The quantitative estimate of drug-likeness (QED) is 0.778. The predicted octanol–water partition coefficient (Wildman–Crippen LogP) is 2.77. The molecule has 1 amide bonds. The highest BCUT2D eigenvalue weighted by Gasteiger charge is 2.40. The average Bonchev–Trinajstić information content (AvgIpc) is 3.25. The molecule has 24 heavy (non-hydrogen) atoms. The molecule has 0 aromatic carbocycles. The van der Waals surface area contributed by atoms with Gasteiger partial charge in [0.25, 0.3) is 0 Å². The number of fused-ring (bicyclic) bond motifs is 2. The Morgan fingerprint density at radius 1 is 0.875 bits per heavy atom. The van der Waals surface area contributed by atoms with Crippen LogP contribution in [-0.4, -0.2) is 53.0 Å². The minimum atomic E-state index is 0.227. The van der Waals surface area contributed by atoms with E-state index in [1.54, 1.807) is 0 Å². The molecule has 2 heterocycles. The van der Waals surface area contributed by atoms with Gasteiger partial charge in [0, 0.05) is 38.1 Å². The number of hydrogen-bond acceptors (Lipinski definition) is 2. The summed E-state index contributed by atoms with van der Waals surface area (Å²) in [6.07, 6.45) is 11.1. The average molecular weight is 350 g/mol. The van der Waals surface area contributed by atoms with Gasteiger partial charge in [-0.1, -0.05) is 6.42 Å². The van der Waals surface area contributed by atoms with Gasteiger partial charge in [-0.2, -0.15) is 0 Å². The Labute approximate surface area is 151 Å². The predicted molar refractivity (Wildman–Crippen MR) is 99.7 cm³/mol. The van der Waals surface area contributed by atoms with E-state index in [-0.39, 0.29) is 5.92 Å². The molecule has 0 spiro atoms. The van der Waals surface area contributed by atoms with Crippen LogP contribution in [0.1, 0.15) is 57.8 Å². The molecule has 2 aliphatic heterocycles. The van der Waals surface area contributed by atoms with Gasteiger partial charge in [0.15, 0.2) is 5.11 Å². The first-order chi connectivity index (χ1) is 11.7. The van der Waals surface area contributed by atoms with Crippen LogP contribution in [0.25, 0.3) is 0 Å². The lowest BCUT2D eigenvalue weighted by Crippen LogP contribution is -2.51. The number of thiocarbonyl (C=S) groups is 1. The lowest BCUT2D eigenvalue weighted by Gasteiger charge is -2.37. The molecule has 3 atom stereocenters. The monoisotopic (exact) mass is 349 g/mol. The first-order valence-electron chi connectivity index (χ1n) is 10.0. The van der Waals surface area contributed by atoms with Gasteiger partial charge < -0.3 is 15.1 Å². The highest BCUT2D eigenvalue weighted by atomic mass is 32.1. The zero-order valence-corrected chi connectivity index (χ0v) is 15.5. The number of hydrogen-bond donors (Lipinski definition) is 1. The van der Waals surface area contributed by atoms with E-state index in [2.05, 4.69) is 15.1 Å². The summed E-state index contributed by atoms with van der Waals surface area (Å²) in [7, 11) is 0. The van der Waals surface area contributed by atoms with E-state index in [1.165, 1.54) is 44.9 Å². The molecule has 0 aromatic heterocycles. The van der Waals surface area contributed by atoms with Crippen molar-refractivity contribution in [2.24, 2.45) is 17.8 Å². The standard InChI is InChI=1S/C19H31N3OS/c23-18(21-8-2-1-3-9-21)15-6-10-22(11-7-15)19(24)20-17-13-14-4-5-16(17)12-14/h14-17H,1-13H2,(H,20,24)/t14-,16-,17-/m0/s1. The molecule has 2 saturated heterocycles. The summed E-state index contributed by atoms with van der Waals surface area (Å²) in [6, 6.07) is 0.615. The molecule has 2 bridgehead atoms. The topological polar surface area (TPSA) is 35.6 Å². The number of amides is 1. The summed E-state index contributed by atoms with van der Waals surface area (Å²) in [5.41, 5.74) is 0. The minimum absolute atomic E-state index is 0.227. The SMILES string of the molecule is O=C(C1CCN(C(=S)N[C@H]2C[C@H]3CC[C@H]2C3)CC1)N1CCCCC1. The van der Waals surface area contributed by atoms with E-state index in [1.807, 2.05) is 0 Å². The van der Waals surface area contributed by atoms with Crippen LogP contribution in [0.3, 0.4) is 0 Å². The first kappa shape index (κ1) is 16.6. The van der Waals surface area contributed by atoms with Gasteiger partial charge in [-0.25, -0.2) is 0 Å². The molecule has 2 saturated carbocycles. The number of nitrogens with zero attached hydrogens (tertiary/aromatic N) is 2. The number of carbonyl (C=O) groups is 1. The van der Waals surface area contributed by atoms with Gasteiger partial charge in [-0.3, -0.25) is 4.79 Å². The Morgan fingerprint density at radius 2 is 1.62 bits per heavy atom. The maximum Gasteiger partial charge on any atom is 0.225 e. The van der Waals surface area contributed by atoms with Gasteiger partial charge in [0.2, 0.25) is 5.91 Å². The van der Waals surface area contributed by atoms with E-state index >= 15 is 0 Å². The van der Waals surface area contributed by atoms with Crippen molar-refractivity contribution in [1.82, 2.24) is 15.1 Å². The lowest BCUT2D eigenvalue weighted by atomic mass is 9.94. The van der Waals surface area contributed by atoms with Crippen LogP contribution in [0.2, 0.25) is 0 Å².